The molecular formula is C18H17N3O3. The van der Waals surface area contributed by atoms with Gasteiger partial charge in [-0.05, 0) is 36.6 Å². The van der Waals surface area contributed by atoms with Crippen LogP contribution in [0.1, 0.15) is 28.5 Å². The molecule has 0 aliphatic heterocycles. The minimum Gasteiger partial charge on any atom is -0.507 e. The molecule has 122 valence electrons. The lowest BCUT2D eigenvalue weighted by Crippen LogP contribution is -2.07. The van der Waals surface area contributed by atoms with Gasteiger partial charge in [0.05, 0.1) is 6.61 Å². The number of benzene rings is 2. The lowest BCUT2D eigenvalue weighted by atomic mass is 10.00. The zero-order chi connectivity index (χ0) is 16.9. The van der Waals surface area contributed by atoms with E-state index >= 15 is 0 Å². The molecule has 0 aliphatic rings. The molecule has 6 nitrogen and oxygen atoms in total. The molecule has 24 heavy (non-hydrogen) atoms. The highest BCUT2D eigenvalue weighted by Gasteiger charge is 2.21. The van der Waals surface area contributed by atoms with Crippen LogP contribution in [0.25, 0.3) is 11.3 Å². The average molecular weight is 323 g/mol. The Kier molecular flexibility index (Phi) is 4.56. The van der Waals surface area contributed by atoms with Crippen molar-refractivity contribution in [2.24, 2.45) is 0 Å². The highest BCUT2D eigenvalue weighted by molar-refractivity contribution is 5.94. The number of carbonyl (C=O) groups is 1. The number of H-pyrrole nitrogens is 1. The van der Waals surface area contributed by atoms with Crippen LogP contribution in [0.3, 0.4) is 0 Å². The summed E-state index contributed by atoms with van der Waals surface area (Å²) in [4.78, 5) is 12.0. The topological polar surface area (TPSA) is 88.1 Å². The number of nitrogens with one attached hydrogen (secondary N) is 1. The molecule has 6 heteroatoms. The fourth-order valence-corrected chi connectivity index (χ4v) is 2.47. The Morgan fingerprint density at radius 1 is 1.12 bits per heavy atom. The number of nitrogens with zero attached hydrogens (tertiary/aromatic N) is 2. The minimum absolute atomic E-state index is 0.0336. The van der Waals surface area contributed by atoms with E-state index in [1.54, 1.807) is 13.0 Å². The van der Waals surface area contributed by atoms with Gasteiger partial charge in [0.25, 0.3) is 0 Å². The molecule has 2 aromatic carbocycles. The van der Waals surface area contributed by atoms with Crippen LogP contribution >= 0.6 is 0 Å². The molecule has 0 aliphatic carbocycles. The normalized spacial score (nSPS) is 10.5. The van der Waals surface area contributed by atoms with E-state index in [-0.39, 0.29) is 23.7 Å². The van der Waals surface area contributed by atoms with E-state index in [1.807, 2.05) is 42.5 Å². The van der Waals surface area contributed by atoms with E-state index in [1.165, 1.54) is 0 Å². The fourth-order valence-electron chi connectivity index (χ4n) is 2.47. The first-order valence-electron chi connectivity index (χ1n) is 7.63. The van der Waals surface area contributed by atoms with Gasteiger partial charge < -0.3 is 9.84 Å². The van der Waals surface area contributed by atoms with Gasteiger partial charge in [-0.25, -0.2) is 4.79 Å². The Balaban J connectivity index is 1.96. The molecule has 1 heterocycles. The second kappa shape index (κ2) is 6.95. The molecule has 3 rings (SSSR count). The van der Waals surface area contributed by atoms with Crippen molar-refractivity contribution in [2.75, 3.05) is 6.61 Å². The van der Waals surface area contributed by atoms with Crippen molar-refractivity contribution in [3.8, 4) is 17.0 Å². The van der Waals surface area contributed by atoms with Gasteiger partial charge in [-0.2, -0.15) is 10.3 Å². The Hall–Kier alpha value is -3.15. The number of esters is 1. The van der Waals surface area contributed by atoms with Crippen molar-refractivity contribution in [1.82, 2.24) is 15.4 Å². The van der Waals surface area contributed by atoms with Crippen molar-refractivity contribution in [2.45, 2.75) is 13.3 Å². The summed E-state index contributed by atoms with van der Waals surface area (Å²) in [7, 11) is 0. The van der Waals surface area contributed by atoms with Gasteiger partial charge in [0.1, 0.15) is 11.4 Å². The van der Waals surface area contributed by atoms with Crippen molar-refractivity contribution in [3.63, 3.8) is 0 Å². The molecular weight excluding hydrogens is 306 g/mol. The Labute approximate surface area is 139 Å². The summed E-state index contributed by atoms with van der Waals surface area (Å²) >= 11 is 0. The van der Waals surface area contributed by atoms with E-state index in [4.69, 9.17) is 4.74 Å². The van der Waals surface area contributed by atoms with E-state index in [0.717, 1.165) is 11.1 Å². The number of phenols is 1. The summed E-state index contributed by atoms with van der Waals surface area (Å²) in [5.41, 5.74) is 2.93. The maximum absolute atomic E-state index is 12.0. The highest BCUT2D eigenvalue weighted by Crippen LogP contribution is 2.31. The molecule has 0 amide bonds. The Morgan fingerprint density at radius 2 is 1.92 bits per heavy atom. The highest BCUT2D eigenvalue weighted by atomic mass is 16.5. The fraction of sp³-hybridized carbons (Fsp3) is 0.167. The number of hydrogen-bond donors (Lipinski definition) is 2. The predicted molar refractivity (Wildman–Crippen MR) is 88.7 cm³/mol. The lowest BCUT2D eigenvalue weighted by Gasteiger charge is -2.07. The van der Waals surface area contributed by atoms with Crippen LogP contribution in [0.4, 0.5) is 0 Å². The number of hydrogen-bond acceptors (Lipinski definition) is 5. The summed E-state index contributed by atoms with van der Waals surface area (Å²) in [5, 5.41) is 20.4. The van der Waals surface area contributed by atoms with Crippen LogP contribution in [0.2, 0.25) is 0 Å². The molecule has 0 spiro atoms. The predicted octanol–water partition coefficient (Wildman–Crippen LogP) is 2.94. The number of ether oxygens (including phenoxy) is 1. The molecule has 0 saturated heterocycles. The SMILES string of the molecule is CCOC(=O)c1n[nH]nc1-c1cc(Cc2ccccc2)ccc1O. The lowest BCUT2D eigenvalue weighted by molar-refractivity contribution is 0.0520. The van der Waals surface area contributed by atoms with Gasteiger partial charge in [-0.15, -0.1) is 5.10 Å². The largest absolute Gasteiger partial charge is 0.507 e. The minimum atomic E-state index is -0.575. The first kappa shape index (κ1) is 15.7. The van der Waals surface area contributed by atoms with Crippen LogP contribution < -0.4 is 0 Å². The summed E-state index contributed by atoms with van der Waals surface area (Å²) in [5.74, 6) is -0.541. The molecule has 0 saturated carbocycles. The number of rotatable bonds is 5. The second-order valence-electron chi connectivity index (χ2n) is 5.26. The average Bonchev–Trinajstić information content (AvgIpc) is 3.07. The third kappa shape index (κ3) is 3.27. The number of aromatic nitrogens is 3. The van der Waals surface area contributed by atoms with E-state index in [0.29, 0.717) is 12.0 Å². The Bertz CT molecular complexity index is 844. The summed E-state index contributed by atoms with van der Waals surface area (Å²) in [6.45, 7) is 1.96. The molecule has 0 bridgehead atoms. The summed E-state index contributed by atoms with van der Waals surface area (Å²) in [6.07, 6.45) is 0.709. The van der Waals surface area contributed by atoms with Gasteiger partial charge >= 0.3 is 5.97 Å². The van der Waals surface area contributed by atoms with Crippen LogP contribution in [0, 0.1) is 0 Å². The zero-order valence-corrected chi connectivity index (χ0v) is 13.2. The van der Waals surface area contributed by atoms with E-state index < -0.39 is 5.97 Å². The van der Waals surface area contributed by atoms with Gasteiger partial charge in [0.15, 0.2) is 5.69 Å². The van der Waals surface area contributed by atoms with E-state index in [9.17, 15) is 9.90 Å². The number of carbonyl (C=O) groups excluding carboxylic acids is 1. The van der Waals surface area contributed by atoms with Gasteiger partial charge in [-0.1, -0.05) is 36.4 Å². The van der Waals surface area contributed by atoms with Crippen LogP contribution in [0.15, 0.2) is 48.5 Å². The van der Waals surface area contributed by atoms with Crippen LogP contribution in [-0.4, -0.2) is 33.1 Å². The molecule has 3 aromatic rings. The quantitative estimate of drug-likeness (QED) is 0.705. The summed E-state index contributed by atoms with van der Waals surface area (Å²) in [6, 6.07) is 15.2. The zero-order valence-electron chi connectivity index (χ0n) is 13.2. The molecule has 0 atom stereocenters. The second-order valence-corrected chi connectivity index (χ2v) is 5.26. The van der Waals surface area contributed by atoms with E-state index in [2.05, 4.69) is 15.4 Å². The van der Waals surface area contributed by atoms with Crippen molar-refractivity contribution < 1.29 is 14.6 Å². The monoisotopic (exact) mass is 323 g/mol. The molecule has 0 fully saturated rings. The maximum atomic E-state index is 12.0. The third-order valence-corrected chi connectivity index (χ3v) is 3.58. The first-order valence-corrected chi connectivity index (χ1v) is 7.63. The smallest absolute Gasteiger partial charge is 0.361 e. The van der Waals surface area contributed by atoms with Crippen molar-refractivity contribution >= 4 is 5.97 Å². The standard InChI is InChI=1S/C18H17N3O3/c1-2-24-18(23)17-16(19-21-20-17)14-11-13(8-9-15(14)22)10-12-6-4-3-5-7-12/h3-9,11,22H,2,10H2,1H3,(H,19,20,21). The number of phenolic OH excluding ortho intramolecular Hbond substituents is 1. The van der Waals surface area contributed by atoms with Crippen molar-refractivity contribution in [1.29, 1.82) is 0 Å². The number of aromatic amines is 1. The van der Waals surface area contributed by atoms with Gasteiger partial charge in [0.2, 0.25) is 0 Å². The van der Waals surface area contributed by atoms with Crippen LogP contribution in [-0.2, 0) is 11.2 Å². The van der Waals surface area contributed by atoms with Gasteiger partial charge in [0, 0.05) is 5.56 Å². The first-order chi connectivity index (χ1) is 11.7. The number of aromatic hydroxyl groups is 1. The van der Waals surface area contributed by atoms with Crippen LogP contribution in [0.5, 0.6) is 5.75 Å². The van der Waals surface area contributed by atoms with Gasteiger partial charge in [-0.3, -0.25) is 0 Å². The molecule has 2 N–H and O–H groups in total. The molecule has 0 radical (unpaired) electrons. The maximum Gasteiger partial charge on any atom is 0.361 e. The Morgan fingerprint density at radius 3 is 2.67 bits per heavy atom. The third-order valence-electron chi connectivity index (χ3n) is 3.58. The molecule has 0 unspecified atom stereocenters. The molecule has 1 aromatic heterocycles. The van der Waals surface area contributed by atoms with Crippen molar-refractivity contribution in [3.05, 3.63) is 65.4 Å². The summed E-state index contributed by atoms with van der Waals surface area (Å²) < 4.78 is 4.97.